The lowest BCUT2D eigenvalue weighted by molar-refractivity contribution is 0.523. The van der Waals surface area contributed by atoms with Crippen molar-refractivity contribution in [2.75, 3.05) is 11.6 Å². The van der Waals surface area contributed by atoms with Crippen molar-refractivity contribution in [3.8, 4) is 0 Å². The van der Waals surface area contributed by atoms with Gasteiger partial charge < -0.3 is 5.73 Å². The number of thiazole rings is 1. The van der Waals surface area contributed by atoms with Crippen LogP contribution in [-0.4, -0.2) is 16.6 Å². The van der Waals surface area contributed by atoms with Gasteiger partial charge in [-0.1, -0.05) is 53.4 Å². The van der Waals surface area contributed by atoms with Crippen LogP contribution in [0.5, 0.6) is 0 Å². The zero-order chi connectivity index (χ0) is 21.3. The van der Waals surface area contributed by atoms with Crippen LogP contribution in [0.3, 0.4) is 0 Å². The van der Waals surface area contributed by atoms with Crippen molar-refractivity contribution in [2.45, 2.75) is 24.6 Å². The topological polar surface area (TPSA) is 74.5 Å². The molecular weight excluding hydrogens is 426 g/mol. The molecule has 0 aliphatic carbocycles. The van der Waals surface area contributed by atoms with Gasteiger partial charge in [0.15, 0.2) is 0 Å². The highest BCUT2D eigenvalue weighted by atomic mass is 32.2. The second-order valence-electron chi connectivity index (χ2n) is 6.91. The van der Waals surface area contributed by atoms with Crippen molar-refractivity contribution in [1.29, 1.82) is 0 Å². The van der Waals surface area contributed by atoms with E-state index in [2.05, 4.69) is 10.1 Å². The molecule has 5 nitrogen and oxygen atoms in total. The van der Waals surface area contributed by atoms with E-state index in [1.807, 2.05) is 37.3 Å². The molecule has 30 heavy (non-hydrogen) atoms. The predicted octanol–water partition coefficient (Wildman–Crippen LogP) is 4.53. The van der Waals surface area contributed by atoms with Gasteiger partial charge in [-0.05, 0) is 50.1 Å². The van der Waals surface area contributed by atoms with Crippen molar-refractivity contribution in [1.82, 2.24) is 4.98 Å². The standard InChI is InChI=1S/C21H20F2N4OS2/c1-13-18(25-20(28)29-13)27-21(10-5-11-24,14-6-3-2-4-7-14)30-19(26-27)16-12-15(22)8-9-17(16)23/h2-4,6-9,12H,5,10-11,24H2,1H3,(H,25,28). The zero-order valence-corrected chi connectivity index (χ0v) is 17.8. The molecule has 1 aromatic heterocycles. The van der Waals surface area contributed by atoms with E-state index in [4.69, 9.17) is 5.73 Å². The lowest BCUT2D eigenvalue weighted by Gasteiger charge is -2.36. The van der Waals surface area contributed by atoms with Crippen LogP contribution >= 0.6 is 23.1 Å². The molecular formula is C21H20F2N4OS2. The van der Waals surface area contributed by atoms with E-state index in [1.54, 1.807) is 5.01 Å². The van der Waals surface area contributed by atoms with E-state index >= 15 is 0 Å². The minimum atomic E-state index is -0.760. The van der Waals surface area contributed by atoms with E-state index < -0.39 is 16.5 Å². The average Bonchev–Trinajstić information content (AvgIpc) is 3.28. The number of rotatable bonds is 6. The third-order valence-electron chi connectivity index (χ3n) is 4.91. The first-order valence-electron chi connectivity index (χ1n) is 9.43. The van der Waals surface area contributed by atoms with E-state index in [1.165, 1.54) is 11.8 Å². The van der Waals surface area contributed by atoms with Gasteiger partial charge in [0, 0.05) is 10.4 Å². The van der Waals surface area contributed by atoms with Crippen LogP contribution in [0.2, 0.25) is 0 Å². The van der Waals surface area contributed by atoms with Crippen molar-refractivity contribution in [3.05, 3.63) is 85.8 Å². The molecule has 0 fully saturated rings. The molecule has 2 heterocycles. The van der Waals surface area contributed by atoms with Crippen molar-refractivity contribution in [3.63, 3.8) is 0 Å². The largest absolute Gasteiger partial charge is 0.330 e. The number of nitrogens with one attached hydrogen (secondary N) is 1. The number of thioether (sulfide) groups is 1. The Labute approximate surface area is 180 Å². The average molecular weight is 447 g/mol. The Bertz CT molecular complexity index is 1150. The summed E-state index contributed by atoms with van der Waals surface area (Å²) < 4.78 is 28.5. The Morgan fingerprint density at radius 1 is 1.20 bits per heavy atom. The van der Waals surface area contributed by atoms with Crippen LogP contribution in [0.25, 0.3) is 0 Å². The van der Waals surface area contributed by atoms with Gasteiger partial charge in [0.25, 0.3) is 0 Å². The minimum Gasteiger partial charge on any atom is -0.330 e. The Morgan fingerprint density at radius 3 is 2.63 bits per heavy atom. The molecule has 1 aliphatic heterocycles. The number of benzene rings is 2. The summed E-state index contributed by atoms with van der Waals surface area (Å²) in [6.45, 7) is 2.29. The Hall–Kier alpha value is -2.49. The summed E-state index contributed by atoms with van der Waals surface area (Å²) in [5.41, 5.74) is 6.85. The van der Waals surface area contributed by atoms with E-state index in [-0.39, 0.29) is 10.4 Å². The van der Waals surface area contributed by atoms with Gasteiger partial charge in [0.05, 0.1) is 0 Å². The molecule has 0 radical (unpaired) electrons. The molecule has 156 valence electrons. The van der Waals surface area contributed by atoms with Gasteiger partial charge in [0.1, 0.15) is 27.4 Å². The second-order valence-corrected chi connectivity index (χ2v) is 9.36. The van der Waals surface area contributed by atoms with Crippen LogP contribution in [0.15, 0.2) is 58.4 Å². The first kappa shape index (κ1) is 20.8. The van der Waals surface area contributed by atoms with Gasteiger partial charge in [-0.15, -0.1) is 0 Å². The maximum atomic E-state index is 14.6. The van der Waals surface area contributed by atoms with Crippen molar-refractivity contribution < 1.29 is 8.78 Å². The third kappa shape index (κ3) is 3.68. The predicted molar refractivity (Wildman–Crippen MR) is 119 cm³/mol. The molecule has 0 saturated carbocycles. The highest BCUT2D eigenvalue weighted by Crippen LogP contribution is 2.52. The van der Waals surface area contributed by atoms with Gasteiger partial charge >= 0.3 is 4.87 Å². The SMILES string of the molecule is Cc1sc(=O)[nH]c1N1N=C(c2cc(F)ccc2F)SC1(CCCN)c1ccccc1. The first-order valence-corrected chi connectivity index (χ1v) is 11.1. The Morgan fingerprint density at radius 2 is 1.97 bits per heavy atom. The number of aryl methyl sites for hydroxylation is 1. The summed E-state index contributed by atoms with van der Waals surface area (Å²) >= 11 is 2.43. The fourth-order valence-electron chi connectivity index (χ4n) is 3.52. The highest BCUT2D eigenvalue weighted by molar-refractivity contribution is 8.15. The number of H-pyrrole nitrogens is 1. The van der Waals surface area contributed by atoms with Crippen molar-refractivity contribution in [2.24, 2.45) is 10.8 Å². The number of aromatic amines is 1. The fourth-order valence-corrected chi connectivity index (χ4v) is 5.61. The van der Waals surface area contributed by atoms with Crippen molar-refractivity contribution >= 4 is 34.0 Å². The molecule has 3 aromatic rings. The van der Waals surface area contributed by atoms with Crippen LogP contribution < -0.4 is 15.6 Å². The number of aromatic nitrogens is 1. The number of hydrazone groups is 1. The third-order valence-corrected chi connectivity index (χ3v) is 7.15. The van der Waals surface area contributed by atoms with Gasteiger partial charge in [-0.3, -0.25) is 9.78 Å². The fraction of sp³-hybridized carbons (Fsp3) is 0.238. The summed E-state index contributed by atoms with van der Waals surface area (Å²) in [7, 11) is 0. The summed E-state index contributed by atoms with van der Waals surface area (Å²) in [5, 5.41) is 6.77. The van der Waals surface area contributed by atoms with E-state index in [0.717, 1.165) is 40.0 Å². The van der Waals surface area contributed by atoms with Crippen LogP contribution in [-0.2, 0) is 4.87 Å². The molecule has 3 N–H and O–H groups in total. The minimum absolute atomic E-state index is 0.0887. The molecule has 4 rings (SSSR count). The van der Waals surface area contributed by atoms with Gasteiger partial charge in [-0.2, -0.15) is 5.10 Å². The molecule has 0 spiro atoms. The van der Waals surface area contributed by atoms with Crippen LogP contribution in [0.4, 0.5) is 14.6 Å². The number of hydrogen-bond acceptors (Lipinski definition) is 6. The maximum absolute atomic E-state index is 14.6. The summed E-state index contributed by atoms with van der Waals surface area (Å²) in [6.07, 6.45) is 1.28. The smallest absolute Gasteiger partial charge is 0.306 e. The van der Waals surface area contributed by atoms with Gasteiger partial charge in [-0.25, -0.2) is 13.8 Å². The van der Waals surface area contributed by atoms with E-state index in [9.17, 15) is 13.6 Å². The molecule has 1 unspecified atom stereocenters. The number of anilines is 1. The lowest BCUT2D eigenvalue weighted by atomic mass is 10.00. The summed E-state index contributed by atoms with van der Waals surface area (Å²) in [6, 6.07) is 13.0. The Kier molecular flexibility index (Phi) is 5.77. The molecule has 0 bridgehead atoms. The molecule has 9 heteroatoms. The lowest BCUT2D eigenvalue weighted by Crippen LogP contribution is -2.38. The number of hydrogen-bond donors (Lipinski definition) is 2. The second kappa shape index (κ2) is 8.33. The summed E-state index contributed by atoms with van der Waals surface area (Å²) in [5.74, 6) is -0.549. The molecule has 0 saturated heterocycles. The molecule has 0 amide bonds. The Balaban J connectivity index is 1.92. The first-order chi connectivity index (χ1) is 14.4. The quantitative estimate of drug-likeness (QED) is 0.583. The monoisotopic (exact) mass is 446 g/mol. The van der Waals surface area contributed by atoms with Crippen LogP contribution in [0, 0.1) is 18.6 Å². The molecule has 1 aliphatic rings. The van der Waals surface area contributed by atoms with Crippen LogP contribution in [0.1, 0.15) is 28.8 Å². The summed E-state index contributed by atoms with van der Waals surface area (Å²) in [4.78, 5) is 14.7. The molecule has 1 atom stereocenters. The number of nitrogens with two attached hydrogens (primary N) is 1. The highest BCUT2D eigenvalue weighted by Gasteiger charge is 2.47. The maximum Gasteiger partial charge on any atom is 0.306 e. The van der Waals surface area contributed by atoms with E-state index in [0.29, 0.717) is 30.2 Å². The zero-order valence-electron chi connectivity index (χ0n) is 16.2. The normalized spacial score (nSPS) is 18.7. The van der Waals surface area contributed by atoms with Gasteiger partial charge in [0.2, 0.25) is 0 Å². The molecule has 2 aromatic carbocycles. The number of halogens is 2. The number of nitrogens with zero attached hydrogens (tertiary/aromatic N) is 2.